The largest absolute Gasteiger partial charge is 0.385 e. The predicted molar refractivity (Wildman–Crippen MR) is 154 cm³/mol. The summed E-state index contributed by atoms with van der Waals surface area (Å²) in [7, 11) is 1.68. The molecule has 0 unspecified atom stereocenters. The maximum Gasteiger partial charge on any atom is 0.254 e. The molecule has 0 saturated carbocycles. The fourth-order valence-electron chi connectivity index (χ4n) is 6.16. The second kappa shape index (κ2) is 11.4. The minimum Gasteiger partial charge on any atom is -0.385 e. The quantitative estimate of drug-likeness (QED) is 0.349. The normalized spacial score (nSPS) is 22.0. The van der Waals surface area contributed by atoms with E-state index in [0.29, 0.717) is 43.3 Å². The van der Waals surface area contributed by atoms with Gasteiger partial charge in [-0.25, -0.2) is 0 Å². The van der Waals surface area contributed by atoms with E-state index < -0.39 is 11.2 Å². The molecule has 0 bridgehead atoms. The summed E-state index contributed by atoms with van der Waals surface area (Å²) in [5.41, 5.74) is 9.67. The summed E-state index contributed by atoms with van der Waals surface area (Å²) in [6.45, 7) is 4.20. The van der Waals surface area contributed by atoms with Crippen LogP contribution in [0.2, 0.25) is 5.02 Å². The minimum atomic E-state index is -1.32. The lowest BCUT2D eigenvalue weighted by Gasteiger charge is -2.60. The van der Waals surface area contributed by atoms with Crippen molar-refractivity contribution in [2.75, 3.05) is 33.4 Å². The lowest BCUT2D eigenvalue weighted by atomic mass is 9.56. The number of nitrogens with two attached hydrogens (primary N) is 1. The molecule has 1 fully saturated rings. The van der Waals surface area contributed by atoms with Crippen LogP contribution in [-0.2, 0) is 33.6 Å². The molecule has 0 aromatic heterocycles. The predicted octanol–water partition coefficient (Wildman–Crippen LogP) is 5.41. The lowest BCUT2D eigenvalue weighted by molar-refractivity contribution is -0.251. The van der Waals surface area contributed by atoms with Gasteiger partial charge in [-0.3, -0.25) is 4.79 Å². The van der Waals surface area contributed by atoms with Crippen LogP contribution in [-0.4, -0.2) is 49.3 Å². The maximum atomic E-state index is 13.6. The number of ether oxygens (including phenoxy) is 2. The highest BCUT2D eigenvalue weighted by Crippen LogP contribution is 2.62. The number of carbonyl (C=O) groups excluding carboxylic acids is 1. The van der Waals surface area contributed by atoms with E-state index in [9.17, 15) is 9.90 Å². The van der Waals surface area contributed by atoms with E-state index in [1.165, 1.54) is 5.56 Å². The number of hydrogen-bond acceptors (Lipinski definition) is 5. The highest BCUT2D eigenvalue weighted by atomic mass is 35.5. The summed E-state index contributed by atoms with van der Waals surface area (Å²) < 4.78 is 11.8. The van der Waals surface area contributed by atoms with E-state index in [-0.39, 0.29) is 12.5 Å². The zero-order valence-corrected chi connectivity index (χ0v) is 23.5. The van der Waals surface area contributed by atoms with Crippen LogP contribution in [0.1, 0.15) is 58.8 Å². The molecule has 7 heteroatoms. The van der Waals surface area contributed by atoms with Gasteiger partial charge in [-0.05, 0) is 66.1 Å². The zero-order valence-electron chi connectivity index (χ0n) is 22.7. The van der Waals surface area contributed by atoms with Gasteiger partial charge in [-0.1, -0.05) is 61.0 Å². The van der Waals surface area contributed by atoms with E-state index in [2.05, 4.69) is 19.1 Å². The Bertz CT molecular complexity index is 1340. The van der Waals surface area contributed by atoms with Crippen LogP contribution >= 0.6 is 11.6 Å². The third kappa shape index (κ3) is 4.79. The first-order valence-corrected chi connectivity index (χ1v) is 14.1. The first-order valence-electron chi connectivity index (χ1n) is 13.7. The molecule has 1 aliphatic carbocycles. The van der Waals surface area contributed by atoms with Crippen molar-refractivity contribution >= 4 is 17.5 Å². The number of methoxy groups -OCH3 is 1. The topological polar surface area (TPSA) is 85.0 Å². The van der Waals surface area contributed by atoms with Crippen molar-refractivity contribution in [3.63, 3.8) is 0 Å². The van der Waals surface area contributed by atoms with Crippen molar-refractivity contribution in [1.82, 2.24) is 4.90 Å². The van der Waals surface area contributed by atoms with Crippen molar-refractivity contribution < 1.29 is 19.4 Å². The second-order valence-corrected chi connectivity index (χ2v) is 10.9. The molecule has 0 radical (unpaired) electrons. The highest BCUT2D eigenvalue weighted by Gasteiger charge is 2.66. The maximum absolute atomic E-state index is 13.6. The molecule has 3 aromatic carbocycles. The highest BCUT2D eigenvalue weighted by molar-refractivity contribution is 6.33. The molecule has 6 nitrogen and oxygen atoms in total. The molecule has 206 valence electrons. The molecule has 1 aliphatic heterocycles. The summed E-state index contributed by atoms with van der Waals surface area (Å²) in [5, 5.41) is 13.2. The molecular weight excluding hydrogens is 512 g/mol. The molecule has 2 atom stereocenters. The number of rotatable bonds is 9. The van der Waals surface area contributed by atoms with Crippen LogP contribution in [0.3, 0.4) is 0 Å². The number of benzene rings is 3. The van der Waals surface area contributed by atoms with Gasteiger partial charge in [-0.15, -0.1) is 0 Å². The summed E-state index contributed by atoms with van der Waals surface area (Å²) >= 11 is 6.84. The smallest absolute Gasteiger partial charge is 0.254 e. The number of fused-ring (bicyclic) bond motifs is 2. The van der Waals surface area contributed by atoms with Crippen LogP contribution in [0.15, 0.2) is 60.7 Å². The van der Waals surface area contributed by atoms with Gasteiger partial charge in [0, 0.05) is 48.5 Å². The van der Waals surface area contributed by atoms with Crippen LogP contribution < -0.4 is 5.73 Å². The number of aryl methyl sites for hydroxylation is 1. The van der Waals surface area contributed by atoms with Gasteiger partial charge >= 0.3 is 0 Å². The van der Waals surface area contributed by atoms with Gasteiger partial charge in [0.1, 0.15) is 11.2 Å². The molecule has 1 spiro atoms. The first-order chi connectivity index (χ1) is 18.9. The molecule has 39 heavy (non-hydrogen) atoms. The summed E-state index contributed by atoms with van der Waals surface area (Å²) in [6.07, 6.45) is 2.92. The number of amides is 1. The van der Waals surface area contributed by atoms with Crippen molar-refractivity contribution in [2.45, 2.75) is 50.4 Å². The van der Waals surface area contributed by atoms with E-state index in [1.54, 1.807) is 12.0 Å². The Morgan fingerprint density at radius 1 is 1.13 bits per heavy atom. The Morgan fingerprint density at radius 3 is 2.64 bits per heavy atom. The van der Waals surface area contributed by atoms with Gasteiger partial charge < -0.3 is 25.2 Å². The third-order valence-electron chi connectivity index (χ3n) is 8.28. The monoisotopic (exact) mass is 548 g/mol. The number of nitrogens with zero attached hydrogens (tertiary/aromatic N) is 1. The Labute approximate surface area is 235 Å². The van der Waals surface area contributed by atoms with Crippen molar-refractivity contribution in [1.29, 1.82) is 0 Å². The molecule has 1 saturated heterocycles. The molecule has 5 rings (SSSR count). The summed E-state index contributed by atoms with van der Waals surface area (Å²) in [6, 6.07) is 19.5. The van der Waals surface area contributed by atoms with Crippen molar-refractivity contribution in [3.8, 4) is 11.1 Å². The van der Waals surface area contributed by atoms with E-state index >= 15 is 0 Å². The van der Waals surface area contributed by atoms with Gasteiger partial charge in [0.2, 0.25) is 0 Å². The number of unbranched alkanes of at least 4 members (excludes halogenated alkanes) is 1. The fourth-order valence-corrected chi connectivity index (χ4v) is 6.43. The molecule has 3 aromatic rings. The molecule has 2 aliphatic rings. The number of halogens is 1. The molecule has 3 N–H and O–H groups in total. The SMILES string of the molecule is CCc1cccc(-c2c(Cl)ccc3c2[C@](O)(CCCCOC)[C@]32CN(C(=O)c3ccc(CN)cc3)CCO2)c1. The Morgan fingerprint density at radius 2 is 1.92 bits per heavy atom. The summed E-state index contributed by atoms with van der Waals surface area (Å²) in [5.74, 6) is -0.0822. The van der Waals surface area contributed by atoms with E-state index in [4.69, 9.17) is 26.8 Å². The lowest BCUT2D eigenvalue weighted by Crippen LogP contribution is -2.68. The Balaban J connectivity index is 1.56. The minimum absolute atomic E-state index is 0.0822. The Hall–Kier alpha value is -2.74. The van der Waals surface area contributed by atoms with Gasteiger partial charge in [0.05, 0.1) is 13.2 Å². The van der Waals surface area contributed by atoms with E-state index in [0.717, 1.165) is 47.1 Å². The zero-order chi connectivity index (χ0) is 27.6. The first kappa shape index (κ1) is 27.8. The van der Waals surface area contributed by atoms with Gasteiger partial charge in [0.15, 0.2) is 0 Å². The molecule has 1 heterocycles. The number of aliphatic hydroxyl groups is 1. The molecular formula is C32H37ClN2O4. The number of hydrogen-bond donors (Lipinski definition) is 2. The molecule has 1 amide bonds. The van der Waals surface area contributed by atoms with Crippen LogP contribution in [0, 0.1) is 0 Å². The van der Waals surface area contributed by atoms with Gasteiger partial charge in [-0.2, -0.15) is 0 Å². The fraction of sp³-hybridized carbons (Fsp3) is 0.406. The number of carbonyl (C=O) groups is 1. The second-order valence-electron chi connectivity index (χ2n) is 10.5. The van der Waals surface area contributed by atoms with E-state index in [1.807, 2.05) is 48.5 Å². The average Bonchev–Trinajstić information content (AvgIpc) is 2.98. The van der Waals surface area contributed by atoms with Crippen LogP contribution in [0.25, 0.3) is 11.1 Å². The van der Waals surface area contributed by atoms with Crippen LogP contribution in [0.5, 0.6) is 0 Å². The van der Waals surface area contributed by atoms with Crippen molar-refractivity contribution in [2.24, 2.45) is 5.73 Å². The number of morpholine rings is 1. The van der Waals surface area contributed by atoms with Crippen LogP contribution in [0.4, 0.5) is 0 Å². The Kier molecular flexibility index (Phi) is 8.13. The standard InChI is InChI=1S/C32H37ClN2O4/c1-3-22-7-6-8-25(19-22)28-27(33)14-13-26-29(28)31(37,15-4-5-17-38-2)32(26)21-35(16-18-39-32)30(36)24-11-9-23(20-34)10-12-24/h6-14,19,37H,3-5,15-18,20-21,34H2,1-2H3/t31-,32+/m1/s1. The van der Waals surface area contributed by atoms with Crippen molar-refractivity contribution in [3.05, 3.63) is 93.5 Å². The third-order valence-corrected chi connectivity index (χ3v) is 8.59. The average molecular weight is 549 g/mol. The summed E-state index contributed by atoms with van der Waals surface area (Å²) in [4.78, 5) is 15.4. The van der Waals surface area contributed by atoms with Gasteiger partial charge in [0.25, 0.3) is 5.91 Å².